The van der Waals surface area contributed by atoms with Crippen LogP contribution in [-0.2, 0) is 0 Å². The van der Waals surface area contributed by atoms with E-state index >= 15 is 0 Å². The Hall–Kier alpha value is -2.29. The van der Waals surface area contributed by atoms with Crippen molar-refractivity contribution < 1.29 is 4.79 Å². The number of anilines is 1. The second-order valence-electron chi connectivity index (χ2n) is 5.55. The van der Waals surface area contributed by atoms with Gasteiger partial charge in [0.25, 0.3) is 0 Å². The van der Waals surface area contributed by atoms with Crippen LogP contribution in [0.2, 0.25) is 0 Å². The lowest BCUT2D eigenvalue weighted by molar-refractivity contribution is 0.249. The van der Waals surface area contributed by atoms with E-state index in [4.69, 9.17) is 0 Å². The second kappa shape index (κ2) is 6.44. The third-order valence-corrected chi connectivity index (χ3v) is 3.55. The molecule has 1 atom stereocenters. The highest BCUT2D eigenvalue weighted by Gasteiger charge is 2.11. The molecule has 3 nitrogen and oxygen atoms in total. The van der Waals surface area contributed by atoms with E-state index in [9.17, 15) is 4.79 Å². The average molecular weight is 282 g/mol. The number of aryl methyl sites for hydroxylation is 3. The second-order valence-corrected chi connectivity index (χ2v) is 5.55. The molecule has 0 saturated heterocycles. The van der Waals surface area contributed by atoms with Gasteiger partial charge in [-0.1, -0.05) is 41.5 Å². The van der Waals surface area contributed by atoms with Crippen LogP contribution in [0.3, 0.4) is 0 Å². The first-order chi connectivity index (χ1) is 9.95. The Balaban J connectivity index is 2.00. The number of carbonyl (C=O) groups is 1. The number of hydrogen-bond donors (Lipinski definition) is 2. The molecule has 0 fully saturated rings. The van der Waals surface area contributed by atoms with E-state index in [1.807, 2.05) is 38.1 Å². The summed E-state index contributed by atoms with van der Waals surface area (Å²) in [5.41, 5.74) is 5.53. The molecule has 2 N–H and O–H groups in total. The molecule has 110 valence electrons. The molecule has 0 spiro atoms. The van der Waals surface area contributed by atoms with Gasteiger partial charge < -0.3 is 10.6 Å². The summed E-state index contributed by atoms with van der Waals surface area (Å²) in [6, 6.07) is 13.8. The molecule has 3 heteroatoms. The molecule has 0 bridgehead atoms. The fraction of sp³-hybridized carbons (Fsp3) is 0.278. The quantitative estimate of drug-likeness (QED) is 0.855. The van der Waals surface area contributed by atoms with Gasteiger partial charge in [-0.05, 0) is 51.0 Å². The lowest BCUT2D eigenvalue weighted by Crippen LogP contribution is -2.31. The van der Waals surface area contributed by atoms with Crippen molar-refractivity contribution in [3.63, 3.8) is 0 Å². The Morgan fingerprint density at radius 2 is 1.57 bits per heavy atom. The van der Waals surface area contributed by atoms with Crippen molar-refractivity contribution in [1.29, 1.82) is 0 Å². The van der Waals surface area contributed by atoms with Gasteiger partial charge in [0, 0.05) is 5.69 Å². The molecule has 21 heavy (non-hydrogen) atoms. The highest BCUT2D eigenvalue weighted by atomic mass is 16.2. The molecule has 2 aromatic carbocycles. The third kappa shape index (κ3) is 4.09. The van der Waals surface area contributed by atoms with Gasteiger partial charge in [0.05, 0.1) is 6.04 Å². The minimum atomic E-state index is -0.189. The van der Waals surface area contributed by atoms with Gasteiger partial charge in [-0.2, -0.15) is 0 Å². The van der Waals surface area contributed by atoms with Crippen molar-refractivity contribution in [3.8, 4) is 0 Å². The molecule has 0 aromatic heterocycles. The number of nitrogens with one attached hydrogen (secondary N) is 2. The van der Waals surface area contributed by atoms with Crippen LogP contribution in [0.1, 0.15) is 35.2 Å². The van der Waals surface area contributed by atoms with Crippen molar-refractivity contribution >= 4 is 11.7 Å². The van der Waals surface area contributed by atoms with E-state index in [2.05, 4.69) is 42.7 Å². The first-order valence-corrected chi connectivity index (χ1v) is 7.17. The Kier molecular flexibility index (Phi) is 4.63. The minimum absolute atomic E-state index is 0.0314. The SMILES string of the molecule is Cc1ccc(NC(=O)NC(C)c2ccc(C)cc2C)cc1. The van der Waals surface area contributed by atoms with E-state index in [1.165, 1.54) is 16.7 Å². The smallest absolute Gasteiger partial charge is 0.319 e. The Bertz CT molecular complexity index is 632. The maximum atomic E-state index is 12.0. The third-order valence-electron chi connectivity index (χ3n) is 3.55. The zero-order valence-corrected chi connectivity index (χ0v) is 13.0. The summed E-state index contributed by atoms with van der Waals surface area (Å²) < 4.78 is 0. The van der Waals surface area contributed by atoms with Gasteiger partial charge in [0.2, 0.25) is 0 Å². The van der Waals surface area contributed by atoms with Crippen molar-refractivity contribution in [1.82, 2.24) is 5.32 Å². The van der Waals surface area contributed by atoms with Gasteiger partial charge in [0.15, 0.2) is 0 Å². The summed E-state index contributed by atoms with van der Waals surface area (Å²) >= 11 is 0. The van der Waals surface area contributed by atoms with Gasteiger partial charge in [-0.15, -0.1) is 0 Å². The summed E-state index contributed by atoms with van der Waals surface area (Å²) in [5.74, 6) is 0. The summed E-state index contributed by atoms with van der Waals surface area (Å²) in [6.45, 7) is 8.15. The normalized spacial score (nSPS) is 11.8. The van der Waals surface area contributed by atoms with Crippen molar-refractivity contribution in [3.05, 3.63) is 64.7 Å². The summed E-state index contributed by atoms with van der Waals surface area (Å²) in [6.07, 6.45) is 0. The van der Waals surface area contributed by atoms with Crippen molar-refractivity contribution in [2.45, 2.75) is 33.7 Å². The van der Waals surface area contributed by atoms with Gasteiger partial charge >= 0.3 is 6.03 Å². The van der Waals surface area contributed by atoms with E-state index in [0.29, 0.717) is 0 Å². The molecular formula is C18H22N2O. The summed E-state index contributed by atoms with van der Waals surface area (Å²) in [4.78, 5) is 12.0. The maximum Gasteiger partial charge on any atom is 0.319 e. The fourth-order valence-corrected chi connectivity index (χ4v) is 2.39. The molecular weight excluding hydrogens is 260 g/mol. The van der Waals surface area contributed by atoms with E-state index < -0.39 is 0 Å². The first kappa shape index (κ1) is 15.1. The van der Waals surface area contributed by atoms with Gasteiger partial charge in [-0.3, -0.25) is 0 Å². The molecule has 0 aliphatic heterocycles. The fourth-order valence-electron chi connectivity index (χ4n) is 2.39. The van der Waals surface area contributed by atoms with Crippen LogP contribution in [-0.4, -0.2) is 6.03 Å². The average Bonchev–Trinajstić information content (AvgIpc) is 2.41. The molecule has 0 radical (unpaired) electrons. The van der Waals surface area contributed by atoms with Crippen LogP contribution in [0, 0.1) is 20.8 Å². The van der Waals surface area contributed by atoms with Crippen LogP contribution in [0.15, 0.2) is 42.5 Å². The van der Waals surface area contributed by atoms with Crippen LogP contribution in [0.25, 0.3) is 0 Å². The molecule has 0 heterocycles. The van der Waals surface area contributed by atoms with Crippen LogP contribution in [0.4, 0.5) is 10.5 Å². The summed E-state index contributed by atoms with van der Waals surface area (Å²) in [7, 11) is 0. The predicted octanol–water partition coefficient (Wildman–Crippen LogP) is 4.49. The van der Waals surface area contributed by atoms with Gasteiger partial charge in [0.1, 0.15) is 0 Å². The number of rotatable bonds is 3. The lowest BCUT2D eigenvalue weighted by atomic mass is 10.0. The Labute approximate surface area is 126 Å². The first-order valence-electron chi connectivity index (χ1n) is 7.17. The van der Waals surface area contributed by atoms with Crippen LogP contribution in [0.5, 0.6) is 0 Å². The van der Waals surface area contributed by atoms with E-state index in [0.717, 1.165) is 11.3 Å². The molecule has 2 aromatic rings. The van der Waals surface area contributed by atoms with Crippen molar-refractivity contribution in [2.75, 3.05) is 5.32 Å². The monoisotopic (exact) mass is 282 g/mol. The predicted molar refractivity (Wildman–Crippen MR) is 87.7 cm³/mol. The zero-order valence-electron chi connectivity index (χ0n) is 13.0. The number of benzene rings is 2. The molecule has 0 aliphatic rings. The zero-order chi connectivity index (χ0) is 15.4. The molecule has 0 saturated carbocycles. The molecule has 2 amide bonds. The number of amides is 2. The van der Waals surface area contributed by atoms with Gasteiger partial charge in [-0.25, -0.2) is 4.79 Å². The molecule has 2 rings (SSSR count). The highest BCUT2D eigenvalue weighted by molar-refractivity contribution is 5.89. The van der Waals surface area contributed by atoms with Crippen LogP contribution >= 0.6 is 0 Å². The summed E-state index contributed by atoms with van der Waals surface area (Å²) in [5, 5.41) is 5.82. The minimum Gasteiger partial charge on any atom is -0.331 e. The molecule has 0 aliphatic carbocycles. The van der Waals surface area contributed by atoms with E-state index in [1.54, 1.807) is 0 Å². The highest BCUT2D eigenvalue weighted by Crippen LogP contribution is 2.18. The lowest BCUT2D eigenvalue weighted by Gasteiger charge is -2.17. The standard InChI is InChI=1S/C18H22N2O/c1-12-5-8-16(9-6-12)20-18(21)19-15(4)17-10-7-13(2)11-14(17)3/h5-11,15H,1-4H3,(H2,19,20,21). The van der Waals surface area contributed by atoms with Crippen LogP contribution < -0.4 is 10.6 Å². The largest absolute Gasteiger partial charge is 0.331 e. The maximum absolute atomic E-state index is 12.0. The number of carbonyl (C=O) groups excluding carboxylic acids is 1. The topological polar surface area (TPSA) is 41.1 Å². The Morgan fingerprint density at radius 1 is 0.952 bits per heavy atom. The Morgan fingerprint density at radius 3 is 2.19 bits per heavy atom. The number of urea groups is 1. The molecule has 1 unspecified atom stereocenters. The number of hydrogen-bond acceptors (Lipinski definition) is 1. The van der Waals surface area contributed by atoms with Crippen molar-refractivity contribution in [2.24, 2.45) is 0 Å². The van der Waals surface area contributed by atoms with E-state index in [-0.39, 0.29) is 12.1 Å².